The van der Waals surface area contributed by atoms with Crippen LogP contribution in [0.25, 0.3) is 0 Å². The van der Waals surface area contributed by atoms with Gasteiger partial charge >= 0.3 is 0 Å². The molecule has 0 aliphatic carbocycles. The summed E-state index contributed by atoms with van der Waals surface area (Å²) in [4.78, 5) is 5.36. The molecule has 0 saturated carbocycles. The Morgan fingerprint density at radius 3 is 2.88 bits per heavy atom. The first kappa shape index (κ1) is 13.1. The van der Waals surface area contributed by atoms with Crippen LogP contribution in [0.2, 0.25) is 0 Å². The van der Waals surface area contributed by atoms with Crippen LogP contribution < -0.4 is 5.48 Å². The first-order valence-corrected chi connectivity index (χ1v) is 5.42. The third-order valence-corrected chi connectivity index (χ3v) is 1.76. The molecule has 0 saturated heterocycles. The lowest BCUT2D eigenvalue weighted by Gasteiger charge is -2.18. The van der Waals surface area contributed by atoms with Crippen molar-refractivity contribution in [3.05, 3.63) is 11.9 Å². The third-order valence-electron chi connectivity index (χ3n) is 1.76. The predicted octanol–water partition coefficient (Wildman–Crippen LogP) is 0.480. The van der Waals surface area contributed by atoms with E-state index in [4.69, 9.17) is 9.94 Å². The lowest BCUT2D eigenvalue weighted by Crippen LogP contribution is -2.28. The van der Waals surface area contributed by atoms with Crippen LogP contribution in [-0.4, -0.2) is 32.3 Å². The number of aryl methyl sites for hydroxylation is 1. The van der Waals surface area contributed by atoms with E-state index in [1.54, 1.807) is 4.68 Å². The van der Waals surface area contributed by atoms with Gasteiger partial charge in [-0.3, -0.25) is 9.52 Å². The van der Waals surface area contributed by atoms with Crippen molar-refractivity contribution in [3.8, 4) is 0 Å². The summed E-state index contributed by atoms with van der Waals surface area (Å²) in [6.07, 6.45) is 2.53. The van der Waals surface area contributed by atoms with Gasteiger partial charge in [-0.15, -0.1) is 5.10 Å². The van der Waals surface area contributed by atoms with Crippen LogP contribution in [0, 0.1) is 0 Å². The molecule has 0 amide bonds. The second-order valence-electron chi connectivity index (χ2n) is 4.59. The average Bonchev–Trinajstić information content (AvgIpc) is 2.61. The van der Waals surface area contributed by atoms with Gasteiger partial charge in [0.1, 0.15) is 0 Å². The molecular weight excluding hydrogens is 208 g/mol. The maximum absolute atomic E-state index is 8.67. The van der Waals surface area contributed by atoms with Crippen molar-refractivity contribution < 1.29 is 9.94 Å². The number of hydrogen-bond acceptors (Lipinski definition) is 5. The van der Waals surface area contributed by atoms with Crippen LogP contribution in [0.3, 0.4) is 0 Å². The van der Waals surface area contributed by atoms with Crippen molar-refractivity contribution in [2.45, 2.75) is 45.9 Å². The van der Waals surface area contributed by atoms with Crippen molar-refractivity contribution in [1.82, 2.24) is 20.5 Å². The Labute approximate surface area is 95.6 Å². The smallest absolute Gasteiger partial charge is 0.0988 e. The lowest BCUT2D eigenvalue weighted by atomic mass is 10.2. The van der Waals surface area contributed by atoms with E-state index in [-0.39, 0.29) is 12.2 Å². The van der Waals surface area contributed by atoms with Gasteiger partial charge in [-0.25, -0.2) is 0 Å². The van der Waals surface area contributed by atoms with Crippen molar-refractivity contribution in [2.75, 3.05) is 6.61 Å². The Balaban J connectivity index is 2.29. The zero-order chi connectivity index (χ0) is 12.0. The number of hydrogen-bond donors (Lipinski definition) is 2. The first-order valence-electron chi connectivity index (χ1n) is 5.42. The molecule has 6 nitrogen and oxygen atoms in total. The van der Waals surface area contributed by atoms with E-state index < -0.39 is 0 Å². The molecule has 0 radical (unpaired) electrons. The Bertz CT molecular complexity index is 306. The number of aromatic nitrogens is 3. The normalized spacial score (nSPS) is 12.0. The van der Waals surface area contributed by atoms with Gasteiger partial charge in [-0.1, -0.05) is 5.21 Å². The van der Waals surface area contributed by atoms with Crippen molar-refractivity contribution in [3.63, 3.8) is 0 Å². The molecule has 92 valence electrons. The summed E-state index contributed by atoms with van der Waals surface area (Å²) in [6, 6.07) is 0. The highest BCUT2D eigenvalue weighted by Gasteiger charge is 2.10. The molecular formula is C10H20N4O2. The molecule has 2 N–H and O–H groups in total. The summed E-state index contributed by atoms with van der Waals surface area (Å²) in [6.45, 7) is 7.29. The van der Waals surface area contributed by atoms with Crippen molar-refractivity contribution in [2.24, 2.45) is 0 Å². The fourth-order valence-electron chi connectivity index (χ4n) is 1.09. The highest BCUT2D eigenvalue weighted by atomic mass is 16.7. The molecule has 0 spiro atoms. The van der Waals surface area contributed by atoms with E-state index >= 15 is 0 Å². The van der Waals surface area contributed by atoms with Gasteiger partial charge in [0.2, 0.25) is 0 Å². The minimum absolute atomic E-state index is 0.167. The lowest BCUT2D eigenvalue weighted by molar-refractivity contribution is -0.0761. The zero-order valence-electron chi connectivity index (χ0n) is 10.1. The van der Waals surface area contributed by atoms with E-state index in [9.17, 15) is 0 Å². The summed E-state index contributed by atoms with van der Waals surface area (Å²) >= 11 is 0. The maximum atomic E-state index is 8.67. The van der Waals surface area contributed by atoms with E-state index in [1.165, 1.54) is 0 Å². The van der Waals surface area contributed by atoms with Crippen LogP contribution in [0.5, 0.6) is 0 Å². The summed E-state index contributed by atoms with van der Waals surface area (Å²) in [7, 11) is 0. The highest BCUT2D eigenvalue weighted by molar-refractivity contribution is 4.90. The topological polar surface area (TPSA) is 72.2 Å². The Kier molecular flexibility index (Phi) is 4.85. The molecule has 1 rings (SSSR count). The second kappa shape index (κ2) is 5.93. The number of nitrogens with zero attached hydrogens (tertiary/aromatic N) is 3. The van der Waals surface area contributed by atoms with Crippen molar-refractivity contribution >= 4 is 0 Å². The number of nitrogens with one attached hydrogen (secondary N) is 1. The van der Waals surface area contributed by atoms with Crippen LogP contribution in [-0.2, 0) is 17.9 Å². The molecule has 16 heavy (non-hydrogen) atoms. The number of aliphatic hydroxyl groups excluding tert-OH is 1. The number of rotatable bonds is 6. The van der Waals surface area contributed by atoms with E-state index in [0.717, 1.165) is 5.69 Å². The SMILES string of the molecule is CC(C)(C)ONCc1cn(CCCO)nn1. The van der Waals surface area contributed by atoms with Gasteiger partial charge in [-0.05, 0) is 27.2 Å². The summed E-state index contributed by atoms with van der Waals surface area (Å²) in [5.74, 6) is 0. The van der Waals surface area contributed by atoms with Crippen LogP contribution >= 0.6 is 0 Å². The Morgan fingerprint density at radius 2 is 2.25 bits per heavy atom. The van der Waals surface area contributed by atoms with Crippen LogP contribution in [0.4, 0.5) is 0 Å². The molecule has 0 atom stereocenters. The molecule has 1 heterocycles. The molecule has 0 aromatic carbocycles. The van der Waals surface area contributed by atoms with Gasteiger partial charge in [0.25, 0.3) is 0 Å². The monoisotopic (exact) mass is 228 g/mol. The highest BCUT2D eigenvalue weighted by Crippen LogP contribution is 2.04. The molecule has 0 aliphatic heterocycles. The van der Waals surface area contributed by atoms with Gasteiger partial charge in [0.15, 0.2) is 0 Å². The standard InChI is InChI=1S/C10H20N4O2/c1-10(2,3)16-11-7-9-8-14(13-12-9)5-4-6-15/h8,11,15H,4-7H2,1-3H3. The van der Waals surface area contributed by atoms with E-state index in [2.05, 4.69) is 15.8 Å². The molecule has 1 aromatic heterocycles. The molecule has 0 fully saturated rings. The fraction of sp³-hybridized carbons (Fsp3) is 0.800. The van der Waals surface area contributed by atoms with Crippen LogP contribution in [0.1, 0.15) is 32.9 Å². The summed E-state index contributed by atoms with van der Waals surface area (Å²) in [5.41, 5.74) is 3.45. The number of hydroxylamine groups is 1. The first-order chi connectivity index (χ1) is 7.51. The Hall–Kier alpha value is -0.980. The predicted molar refractivity (Wildman–Crippen MR) is 59.4 cm³/mol. The average molecular weight is 228 g/mol. The molecule has 6 heteroatoms. The fourth-order valence-corrected chi connectivity index (χ4v) is 1.09. The number of aliphatic hydroxyl groups is 1. The molecule has 0 bridgehead atoms. The molecule has 0 unspecified atom stereocenters. The minimum atomic E-state index is -0.215. The Morgan fingerprint density at radius 1 is 1.50 bits per heavy atom. The van der Waals surface area contributed by atoms with Gasteiger partial charge in [-0.2, -0.15) is 5.48 Å². The van der Waals surface area contributed by atoms with Crippen LogP contribution in [0.15, 0.2) is 6.20 Å². The van der Waals surface area contributed by atoms with E-state index in [1.807, 2.05) is 27.0 Å². The molecule has 0 aliphatic rings. The maximum Gasteiger partial charge on any atom is 0.0988 e. The quantitative estimate of drug-likeness (QED) is 0.693. The second-order valence-corrected chi connectivity index (χ2v) is 4.59. The van der Waals surface area contributed by atoms with Gasteiger partial charge in [0.05, 0.1) is 17.8 Å². The largest absolute Gasteiger partial charge is 0.396 e. The third kappa shape index (κ3) is 5.20. The summed E-state index contributed by atoms with van der Waals surface area (Å²) in [5, 5.41) is 16.6. The molecule has 1 aromatic rings. The van der Waals surface area contributed by atoms with Gasteiger partial charge in [0, 0.05) is 19.3 Å². The minimum Gasteiger partial charge on any atom is -0.396 e. The summed E-state index contributed by atoms with van der Waals surface area (Å²) < 4.78 is 1.71. The van der Waals surface area contributed by atoms with Gasteiger partial charge < -0.3 is 5.11 Å². The zero-order valence-corrected chi connectivity index (χ0v) is 10.1. The van der Waals surface area contributed by atoms with Crippen molar-refractivity contribution in [1.29, 1.82) is 0 Å². The van der Waals surface area contributed by atoms with E-state index in [0.29, 0.717) is 19.5 Å².